The van der Waals surface area contributed by atoms with E-state index in [0.717, 1.165) is 53.4 Å². The average molecular weight is 479 g/mol. The summed E-state index contributed by atoms with van der Waals surface area (Å²) in [6.45, 7) is 1.87. The second-order valence-electron chi connectivity index (χ2n) is 8.61. The van der Waals surface area contributed by atoms with Gasteiger partial charge in [-0.1, -0.05) is 91.0 Å². The van der Waals surface area contributed by atoms with Crippen molar-refractivity contribution in [2.45, 2.75) is 19.3 Å². The molecule has 3 aromatic carbocycles. The van der Waals surface area contributed by atoms with Gasteiger partial charge in [-0.2, -0.15) is 4.99 Å². The topological polar surface area (TPSA) is 49.7 Å². The SMILES string of the molecule is O=C1N=C(N2CCCC2)S/C1=C(\C=C(/CC(=O)c1ccccc1)c1ccccc1)c1ccccc1. The lowest BCUT2D eigenvalue weighted by Gasteiger charge is -2.16. The lowest BCUT2D eigenvalue weighted by Crippen LogP contribution is -2.23. The van der Waals surface area contributed by atoms with Crippen molar-refractivity contribution in [3.8, 4) is 0 Å². The molecule has 0 atom stereocenters. The molecule has 0 aliphatic carbocycles. The number of nitrogens with zero attached hydrogens (tertiary/aromatic N) is 2. The van der Waals surface area contributed by atoms with Gasteiger partial charge in [-0.25, -0.2) is 0 Å². The number of rotatable bonds is 6. The highest BCUT2D eigenvalue weighted by Gasteiger charge is 2.30. The zero-order chi connectivity index (χ0) is 24.0. The largest absolute Gasteiger partial charge is 0.351 e. The number of hydrogen-bond donors (Lipinski definition) is 0. The highest BCUT2D eigenvalue weighted by molar-refractivity contribution is 8.18. The predicted molar refractivity (Wildman–Crippen MR) is 144 cm³/mol. The number of amidine groups is 1. The monoisotopic (exact) mass is 478 g/mol. The van der Waals surface area contributed by atoms with E-state index < -0.39 is 0 Å². The van der Waals surface area contributed by atoms with Gasteiger partial charge in [0.05, 0.1) is 4.91 Å². The molecule has 2 aliphatic rings. The minimum atomic E-state index is -0.214. The van der Waals surface area contributed by atoms with Crippen LogP contribution in [-0.2, 0) is 4.79 Å². The molecule has 0 unspecified atom stereocenters. The molecule has 35 heavy (non-hydrogen) atoms. The van der Waals surface area contributed by atoms with E-state index in [9.17, 15) is 9.59 Å². The first-order valence-corrected chi connectivity index (χ1v) is 12.7. The van der Waals surface area contributed by atoms with Crippen molar-refractivity contribution in [2.75, 3.05) is 13.1 Å². The molecule has 0 spiro atoms. The van der Waals surface area contributed by atoms with Crippen LogP contribution in [0.25, 0.3) is 11.1 Å². The Morgan fingerprint density at radius 1 is 0.800 bits per heavy atom. The van der Waals surface area contributed by atoms with Crippen LogP contribution in [0.5, 0.6) is 0 Å². The van der Waals surface area contributed by atoms with Gasteiger partial charge >= 0.3 is 0 Å². The second kappa shape index (κ2) is 10.7. The van der Waals surface area contributed by atoms with Crippen LogP contribution in [0.4, 0.5) is 0 Å². The third kappa shape index (κ3) is 5.36. The summed E-state index contributed by atoms with van der Waals surface area (Å²) in [7, 11) is 0. The highest BCUT2D eigenvalue weighted by atomic mass is 32.2. The molecule has 5 rings (SSSR count). The molecule has 1 amide bonds. The summed E-state index contributed by atoms with van der Waals surface area (Å²) >= 11 is 1.45. The fourth-order valence-electron chi connectivity index (χ4n) is 4.37. The van der Waals surface area contributed by atoms with E-state index in [1.54, 1.807) is 0 Å². The summed E-state index contributed by atoms with van der Waals surface area (Å²) in [4.78, 5) is 33.5. The predicted octanol–water partition coefficient (Wildman–Crippen LogP) is 6.48. The molecular formula is C30H26N2O2S. The normalized spacial score (nSPS) is 17.5. The Morgan fingerprint density at radius 2 is 1.34 bits per heavy atom. The Kier molecular flexibility index (Phi) is 7.05. The van der Waals surface area contributed by atoms with E-state index in [1.165, 1.54) is 11.8 Å². The van der Waals surface area contributed by atoms with Gasteiger partial charge in [0, 0.05) is 30.6 Å². The van der Waals surface area contributed by atoms with Gasteiger partial charge in [0.2, 0.25) is 0 Å². The third-order valence-electron chi connectivity index (χ3n) is 6.20. The number of hydrogen-bond acceptors (Lipinski definition) is 4. The van der Waals surface area contributed by atoms with Crippen LogP contribution >= 0.6 is 11.8 Å². The number of carbonyl (C=O) groups excluding carboxylic acids is 2. The first-order valence-electron chi connectivity index (χ1n) is 11.9. The quantitative estimate of drug-likeness (QED) is 0.301. The maximum absolute atomic E-state index is 13.2. The minimum Gasteiger partial charge on any atom is -0.351 e. The Morgan fingerprint density at radius 3 is 1.94 bits per heavy atom. The Bertz CT molecular complexity index is 1310. The van der Waals surface area contributed by atoms with Gasteiger partial charge in [0.25, 0.3) is 5.91 Å². The Labute approximate surface area is 210 Å². The summed E-state index contributed by atoms with van der Waals surface area (Å²) in [5.41, 5.74) is 4.24. The molecule has 174 valence electrons. The molecule has 5 heteroatoms. The number of benzene rings is 3. The van der Waals surface area contributed by atoms with Crippen molar-refractivity contribution in [3.05, 3.63) is 119 Å². The van der Waals surface area contributed by atoms with Crippen LogP contribution in [0.2, 0.25) is 0 Å². The van der Waals surface area contributed by atoms with Crippen molar-refractivity contribution in [2.24, 2.45) is 4.99 Å². The third-order valence-corrected chi connectivity index (χ3v) is 7.33. The zero-order valence-corrected chi connectivity index (χ0v) is 20.2. The molecular weight excluding hydrogens is 452 g/mol. The van der Waals surface area contributed by atoms with E-state index in [4.69, 9.17) is 0 Å². The number of amides is 1. The molecule has 1 fully saturated rings. The lowest BCUT2D eigenvalue weighted by atomic mass is 9.93. The van der Waals surface area contributed by atoms with Gasteiger partial charge in [-0.15, -0.1) is 0 Å². The standard InChI is InChI=1S/C30H26N2O2S/c33-27(24-16-8-3-9-17-24)21-25(22-12-4-1-5-13-22)20-26(23-14-6-2-7-15-23)28-29(34)31-30(35-28)32-18-10-11-19-32/h1-9,12-17,20H,10-11,18-19,21H2/b25-20+,28-26+. The van der Waals surface area contributed by atoms with Gasteiger partial charge < -0.3 is 4.90 Å². The van der Waals surface area contributed by atoms with Crippen LogP contribution in [0, 0.1) is 0 Å². The number of ketones is 1. The number of Topliss-reactive ketones (excluding diaryl/α,β-unsaturated/α-hetero) is 1. The van der Waals surface area contributed by atoms with Crippen molar-refractivity contribution in [1.29, 1.82) is 0 Å². The van der Waals surface area contributed by atoms with Crippen LogP contribution in [0.3, 0.4) is 0 Å². The summed E-state index contributed by atoms with van der Waals surface area (Å²) in [6.07, 6.45) is 4.49. The highest BCUT2D eigenvalue weighted by Crippen LogP contribution is 2.38. The van der Waals surface area contributed by atoms with E-state index in [0.29, 0.717) is 10.5 Å². The molecule has 0 bridgehead atoms. The van der Waals surface area contributed by atoms with Crippen LogP contribution in [-0.4, -0.2) is 34.8 Å². The Hall–Kier alpha value is -3.70. The van der Waals surface area contributed by atoms with Gasteiger partial charge in [-0.3, -0.25) is 9.59 Å². The van der Waals surface area contributed by atoms with Crippen LogP contribution in [0.15, 0.2) is 107 Å². The summed E-state index contributed by atoms with van der Waals surface area (Å²) < 4.78 is 0. The number of aliphatic imine (C=N–C) groups is 1. The van der Waals surface area contributed by atoms with Crippen LogP contribution < -0.4 is 0 Å². The van der Waals surface area contributed by atoms with Crippen LogP contribution in [0.1, 0.15) is 40.7 Å². The number of allylic oxidation sites excluding steroid dienone is 3. The second-order valence-corrected chi connectivity index (χ2v) is 9.58. The summed E-state index contributed by atoms with van der Waals surface area (Å²) in [6, 6.07) is 29.1. The first kappa shape index (κ1) is 23.1. The molecule has 2 aliphatic heterocycles. The van der Waals surface area contributed by atoms with Crippen molar-refractivity contribution in [1.82, 2.24) is 4.90 Å². The molecule has 0 radical (unpaired) electrons. The fraction of sp³-hybridized carbons (Fsp3) is 0.167. The van der Waals surface area contributed by atoms with E-state index in [-0.39, 0.29) is 18.1 Å². The van der Waals surface area contributed by atoms with Crippen molar-refractivity contribution < 1.29 is 9.59 Å². The molecule has 3 aromatic rings. The smallest absolute Gasteiger partial charge is 0.286 e. The summed E-state index contributed by atoms with van der Waals surface area (Å²) in [5, 5.41) is 0.783. The molecule has 2 heterocycles. The molecule has 1 saturated heterocycles. The number of likely N-dealkylation sites (tertiary alicyclic amines) is 1. The number of thioether (sulfide) groups is 1. The first-order chi connectivity index (χ1) is 17.2. The van der Waals surface area contributed by atoms with Gasteiger partial charge in [0.15, 0.2) is 11.0 Å². The Balaban J connectivity index is 1.59. The maximum Gasteiger partial charge on any atom is 0.286 e. The maximum atomic E-state index is 13.2. The van der Waals surface area contributed by atoms with Gasteiger partial charge in [-0.05, 0) is 47.4 Å². The lowest BCUT2D eigenvalue weighted by molar-refractivity contribution is -0.113. The molecule has 0 saturated carbocycles. The zero-order valence-electron chi connectivity index (χ0n) is 19.4. The van der Waals surface area contributed by atoms with Gasteiger partial charge in [0.1, 0.15) is 0 Å². The van der Waals surface area contributed by atoms with Crippen molar-refractivity contribution in [3.63, 3.8) is 0 Å². The van der Waals surface area contributed by atoms with Crippen molar-refractivity contribution >= 4 is 39.8 Å². The van der Waals surface area contributed by atoms with E-state index in [2.05, 4.69) is 9.89 Å². The van der Waals surface area contributed by atoms with E-state index in [1.807, 2.05) is 97.1 Å². The average Bonchev–Trinajstić information content (AvgIpc) is 3.58. The molecule has 4 nitrogen and oxygen atoms in total. The molecule has 0 N–H and O–H groups in total. The fourth-order valence-corrected chi connectivity index (χ4v) is 5.41. The minimum absolute atomic E-state index is 0.0394. The number of carbonyl (C=O) groups is 2. The molecule has 0 aromatic heterocycles. The van der Waals surface area contributed by atoms with E-state index >= 15 is 0 Å². The summed E-state index contributed by atoms with van der Waals surface area (Å²) in [5.74, 6) is -0.175.